The van der Waals surface area contributed by atoms with Crippen LogP contribution in [0.15, 0.2) is 103 Å². The van der Waals surface area contributed by atoms with E-state index >= 15 is 0 Å². The Balaban J connectivity index is 1.18. The highest BCUT2D eigenvalue weighted by Gasteiger charge is 2.32. The molecule has 0 aliphatic carbocycles. The molecule has 0 saturated carbocycles. The standard InChI is InChI=1S/C30H25N3O4/c34-28(20-8-2-1-3-9-20)31-18-19-32-29(35)21-14-16-22(17-15-21)33-30(36)27-23-10-4-6-12-25(23)37-26-13-7-5-11-24(26)27/h1-17,27H,18-19H2,(H,31,34)(H,32,35)(H,33,36). The van der Waals surface area contributed by atoms with Crippen LogP contribution in [0.25, 0.3) is 0 Å². The van der Waals surface area contributed by atoms with Crippen molar-refractivity contribution < 1.29 is 19.1 Å². The van der Waals surface area contributed by atoms with Gasteiger partial charge in [-0.3, -0.25) is 14.4 Å². The van der Waals surface area contributed by atoms with E-state index in [0.717, 1.165) is 11.1 Å². The second-order valence-corrected chi connectivity index (χ2v) is 8.56. The molecule has 37 heavy (non-hydrogen) atoms. The molecule has 7 heteroatoms. The molecule has 184 valence electrons. The molecule has 3 N–H and O–H groups in total. The number of fused-ring (bicyclic) bond motifs is 2. The third kappa shape index (κ3) is 5.36. The van der Waals surface area contributed by atoms with E-state index in [9.17, 15) is 14.4 Å². The van der Waals surface area contributed by atoms with Crippen LogP contribution in [0.1, 0.15) is 37.8 Å². The summed E-state index contributed by atoms with van der Waals surface area (Å²) in [4.78, 5) is 37.9. The number of hydrogen-bond donors (Lipinski definition) is 3. The van der Waals surface area contributed by atoms with Crippen LogP contribution in [0.4, 0.5) is 5.69 Å². The van der Waals surface area contributed by atoms with E-state index in [2.05, 4.69) is 16.0 Å². The molecule has 7 nitrogen and oxygen atoms in total. The molecule has 1 aliphatic heterocycles. The topological polar surface area (TPSA) is 96.5 Å². The molecule has 0 atom stereocenters. The van der Waals surface area contributed by atoms with Crippen molar-refractivity contribution in [2.24, 2.45) is 0 Å². The first-order valence-electron chi connectivity index (χ1n) is 12.0. The highest BCUT2D eigenvalue weighted by atomic mass is 16.5. The van der Waals surface area contributed by atoms with Gasteiger partial charge in [-0.15, -0.1) is 0 Å². The minimum absolute atomic E-state index is 0.186. The monoisotopic (exact) mass is 491 g/mol. The fraction of sp³-hybridized carbons (Fsp3) is 0.100. The Morgan fingerprint density at radius 3 is 1.65 bits per heavy atom. The molecule has 0 saturated heterocycles. The highest BCUT2D eigenvalue weighted by molar-refractivity contribution is 6.00. The van der Waals surface area contributed by atoms with Crippen molar-refractivity contribution >= 4 is 23.4 Å². The second-order valence-electron chi connectivity index (χ2n) is 8.56. The summed E-state index contributed by atoms with van der Waals surface area (Å²) in [5.74, 6) is 0.162. The van der Waals surface area contributed by atoms with E-state index in [1.165, 1.54) is 0 Å². The van der Waals surface area contributed by atoms with Crippen LogP contribution in [0, 0.1) is 0 Å². The number of benzene rings is 4. The Hall–Kier alpha value is -4.91. The lowest BCUT2D eigenvalue weighted by Gasteiger charge is -2.27. The van der Waals surface area contributed by atoms with E-state index in [1.54, 1.807) is 48.5 Å². The van der Waals surface area contributed by atoms with E-state index in [0.29, 0.717) is 41.4 Å². The normalized spacial score (nSPS) is 11.9. The zero-order valence-corrected chi connectivity index (χ0v) is 19.9. The fourth-order valence-corrected chi connectivity index (χ4v) is 4.26. The Morgan fingerprint density at radius 2 is 1.08 bits per heavy atom. The van der Waals surface area contributed by atoms with Crippen molar-refractivity contribution in [1.82, 2.24) is 10.6 Å². The number of hydrogen-bond acceptors (Lipinski definition) is 4. The Bertz CT molecular complexity index is 1390. The van der Waals surface area contributed by atoms with Gasteiger partial charge in [-0.05, 0) is 48.5 Å². The molecule has 0 spiro atoms. The summed E-state index contributed by atoms with van der Waals surface area (Å²) >= 11 is 0. The van der Waals surface area contributed by atoms with Gasteiger partial charge in [0.2, 0.25) is 5.91 Å². The molecular formula is C30H25N3O4. The van der Waals surface area contributed by atoms with E-state index < -0.39 is 5.92 Å². The minimum Gasteiger partial charge on any atom is -0.457 e. The Morgan fingerprint density at radius 1 is 0.595 bits per heavy atom. The maximum absolute atomic E-state index is 13.4. The minimum atomic E-state index is -0.518. The maximum atomic E-state index is 13.4. The predicted molar refractivity (Wildman–Crippen MR) is 141 cm³/mol. The van der Waals surface area contributed by atoms with E-state index in [4.69, 9.17) is 4.74 Å². The Labute approximate surface area is 214 Å². The number of amides is 3. The van der Waals surface area contributed by atoms with E-state index in [1.807, 2.05) is 54.6 Å². The largest absolute Gasteiger partial charge is 0.457 e. The average molecular weight is 492 g/mol. The first-order chi connectivity index (χ1) is 18.1. The van der Waals surface area contributed by atoms with Crippen molar-refractivity contribution in [3.63, 3.8) is 0 Å². The number of ether oxygens (including phenoxy) is 1. The fourth-order valence-electron chi connectivity index (χ4n) is 4.26. The molecule has 1 aliphatic rings. The summed E-state index contributed by atoms with van der Waals surface area (Å²) in [6, 6.07) is 30.6. The zero-order valence-electron chi connectivity index (χ0n) is 19.9. The quantitative estimate of drug-likeness (QED) is 0.326. The van der Waals surface area contributed by atoms with Gasteiger partial charge in [0.05, 0.1) is 5.92 Å². The smallest absolute Gasteiger partial charge is 0.251 e. The molecule has 0 aromatic heterocycles. The zero-order chi connectivity index (χ0) is 25.6. The van der Waals surface area contributed by atoms with Gasteiger partial charge in [-0.2, -0.15) is 0 Å². The Kier molecular flexibility index (Phi) is 6.94. The van der Waals surface area contributed by atoms with Crippen molar-refractivity contribution in [3.8, 4) is 11.5 Å². The van der Waals surface area contributed by atoms with Gasteiger partial charge in [0.1, 0.15) is 11.5 Å². The summed E-state index contributed by atoms with van der Waals surface area (Å²) in [5, 5.41) is 8.52. The summed E-state index contributed by atoms with van der Waals surface area (Å²) < 4.78 is 5.98. The number of para-hydroxylation sites is 2. The molecule has 1 heterocycles. The first kappa shape index (κ1) is 23.8. The molecular weight excluding hydrogens is 466 g/mol. The average Bonchev–Trinajstić information content (AvgIpc) is 2.94. The number of anilines is 1. The van der Waals surface area contributed by atoms with Crippen LogP contribution in [0.5, 0.6) is 11.5 Å². The molecule has 0 unspecified atom stereocenters. The first-order valence-corrected chi connectivity index (χ1v) is 12.0. The van der Waals surface area contributed by atoms with Gasteiger partial charge in [0, 0.05) is 41.0 Å². The lowest BCUT2D eigenvalue weighted by molar-refractivity contribution is -0.116. The van der Waals surface area contributed by atoms with Crippen LogP contribution in [-0.4, -0.2) is 30.8 Å². The number of carbonyl (C=O) groups excluding carboxylic acids is 3. The van der Waals surface area contributed by atoms with Gasteiger partial charge < -0.3 is 20.7 Å². The third-order valence-electron chi connectivity index (χ3n) is 6.09. The van der Waals surface area contributed by atoms with Crippen LogP contribution >= 0.6 is 0 Å². The second kappa shape index (κ2) is 10.8. The van der Waals surface area contributed by atoms with Crippen LogP contribution in [0.3, 0.4) is 0 Å². The molecule has 4 aromatic rings. The predicted octanol–water partition coefficient (Wildman–Crippen LogP) is 4.72. The third-order valence-corrected chi connectivity index (χ3v) is 6.09. The van der Waals surface area contributed by atoms with Crippen LogP contribution in [0.2, 0.25) is 0 Å². The van der Waals surface area contributed by atoms with Crippen LogP contribution in [-0.2, 0) is 4.79 Å². The summed E-state index contributed by atoms with van der Waals surface area (Å²) in [7, 11) is 0. The number of carbonyl (C=O) groups is 3. The van der Waals surface area contributed by atoms with Gasteiger partial charge in [0.25, 0.3) is 11.8 Å². The molecule has 4 aromatic carbocycles. The van der Waals surface area contributed by atoms with E-state index in [-0.39, 0.29) is 17.7 Å². The highest BCUT2D eigenvalue weighted by Crippen LogP contribution is 2.44. The summed E-state index contributed by atoms with van der Waals surface area (Å²) in [6.45, 7) is 0.597. The SMILES string of the molecule is O=C(NCCNC(=O)c1ccc(NC(=O)C2c3ccccc3Oc3ccccc32)cc1)c1ccccc1. The van der Waals surface area contributed by atoms with Crippen molar-refractivity contribution in [3.05, 3.63) is 125 Å². The van der Waals surface area contributed by atoms with Crippen molar-refractivity contribution in [1.29, 1.82) is 0 Å². The van der Waals surface area contributed by atoms with Crippen LogP contribution < -0.4 is 20.7 Å². The maximum Gasteiger partial charge on any atom is 0.251 e. The van der Waals surface area contributed by atoms with Gasteiger partial charge in [-0.1, -0.05) is 54.6 Å². The summed E-state index contributed by atoms with van der Waals surface area (Å²) in [6.07, 6.45) is 0. The molecule has 0 radical (unpaired) electrons. The van der Waals surface area contributed by atoms with Crippen molar-refractivity contribution in [2.75, 3.05) is 18.4 Å². The molecule has 0 fully saturated rings. The summed E-state index contributed by atoms with van der Waals surface area (Å²) in [5.41, 5.74) is 3.20. The van der Waals surface area contributed by atoms with Crippen molar-refractivity contribution in [2.45, 2.75) is 5.92 Å². The van der Waals surface area contributed by atoms with Gasteiger partial charge >= 0.3 is 0 Å². The molecule has 0 bridgehead atoms. The van der Waals surface area contributed by atoms with Gasteiger partial charge in [0.15, 0.2) is 0 Å². The lowest BCUT2D eigenvalue weighted by Crippen LogP contribution is -2.34. The number of nitrogens with one attached hydrogen (secondary N) is 3. The molecule has 3 amide bonds. The van der Waals surface area contributed by atoms with Gasteiger partial charge in [-0.25, -0.2) is 0 Å². The lowest BCUT2D eigenvalue weighted by atomic mass is 9.87. The number of rotatable bonds is 7. The molecule has 5 rings (SSSR count).